The van der Waals surface area contributed by atoms with E-state index in [0.717, 1.165) is 16.3 Å². The molecule has 11 nitrogen and oxygen atoms in total. The molecule has 0 N–H and O–H groups in total. The van der Waals surface area contributed by atoms with Crippen LogP contribution in [0.25, 0.3) is 5.69 Å². The summed E-state index contributed by atoms with van der Waals surface area (Å²) >= 11 is 17.4. The quantitative estimate of drug-likeness (QED) is 0.0895. The van der Waals surface area contributed by atoms with Crippen LogP contribution in [-0.2, 0) is 25.7 Å². The van der Waals surface area contributed by atoms with E-state index in [4.69, 9.17) is 58.6 Å². The molecule has 1 aromatic heterocycles. The third kappa shape index (κ3) is 10.6. The smallest absolute Gasteiger partial charge is 0.438 e. The molecule has 1 saturated carbocycles. The average molecular weight is 804 g/mol. The van der Waals surface area contributed by atoms with Crippen molar-refractivity contribution in [1.29, 1.82) is 5.26 Å². The standard InChI is InChI=1S/C22H19Cl2NO3.C19H18ClN3O4/c1-22(2)17(12-19(23)24)20(22)21(26)28-18(13-25)14-7-6-10-16(11-14)27-15-8-4-3-5-9-15;1-25-19(24)23(26-2)17-6-4-3-5-14(17)13-27-18-11-12-22(21-18)16-9-7-15(20)8-10-16/h3-12,17-18,20H,1-2H3;3-12H,13H2,1-2H3/t17-,18?,20-;/m0./s1. The van der Waals surface area contributed by atoms with Gasteiger partial charge in [0.15, 0.2) is 0 Å². The van der Waals surface area contributed by atoms with Crippen LogP contribution in [0.4, 0.5) is 10.5 Å². The molecule has 0 aliphatic heterocycles. The van der Waals surface area contributed by atoms with Gasteiger partial charge in [0.2, 0.25) is 12.0 Å². The predicted molar refractivity (Wildman–Crippen MR) is 209 cm³/mol. The number of halogens is 3. The number of nitriles is 1. The van der Waals surface area contributed by atoms with Crippen LogP contribution in [-0.4, -0.2) is 36.1 Å². The Balaban J connectivity index is 0.000000211. The molecule has 14 heteroatoms. The molecule has 5 aromatic rings. The molecule has 1 aliphatic rings. The Kier molecular flexibility index (Phi) is 13.8. The van der Waals surface area contributed by atoms with Gasteiger partial charge in [-0.15, -0.1) is 5.10 Å². The molecule has 1 aliphatic carbocycles. The van der Waals surface area contributed by atoms with Crippen LogP contribution in [0, 0.1) is 28.6 Å². The van der Waals surface area contributed by atoms with E-state index in [1.807, 2.05) is 74.5 Å². The molecule has 0 bridgehead atoms. The van der Waals surface area contributed by atoms with Crippen molar-refractivity contribution in [1.82, 2.24) is 9.78 Å². The fourth-order valence-electron chi connectivity index (χ4n) is 5.76. The molecular weight excluding hydrogens is 767 g/mol. The number of aromatic nitrogens is 2. The Hall–Kier alpha value is -5.51. The zero-order valence-electron chi connectivity index (χ0n) is 30.3. The van der Waals surface area contributed by atoms with Gasteiger partial charge >= 0.3 is 12.1 Å². The van der Waals surface area contributed by atoms with E-state index < -0.39 is 18.2 Å². The van der Waals surface area contributed by atoms with Gasteiger partial charge in [-0.3, -0.25) is 9.63 Å². The molecule has 6 rings (SSSR count). The maximum absolute atomic E-state index is 12.6. The minimum Gasteiger partial charge on any atom is -0.472 e. The molecule has 0 spiro atoms. The summed E-state index contributed by atoms with van der Waals surface area (Å²) in [5, 5.41) is 15.6. The van der Waals surface area contributed by atoms with Gasteiger partial charge in [0.1, 0.15) is 28.7 Å². The number of hydrogen-bond donors (Lipinski definition) is 0. The van der Waals surface area contributed by atoms with Crippen molar-refractivity contribution in [3.05, 3.63) is 142 Å². The van der Waals surface area contributed by atoms with Gasteiger partial charge in [-0.2, -0.15) is 10.3 Å². The second kappa shape index (κ2) is 18.7. The first kappa shape index (κ1) is 40.7. The fraction of sp³-hybridized carbons (Fsp3) is 0.220. The highest BCUT2D eigenvalue weighted by Crippen LogP contribution is 2.60. The Bertz CT molecular complexity index is 2150. The number of nitrogens with zero attached hydrogens (tertiary/aromatic N) is 4. The predicted octanol–water partition coefficient (Wildman–Crippen LogP) is 10.4. The lowest BCUT2D eigenvalue weighted by Gasteiger charge is -2.20. The Labute approximate surface area is 334 Å². The molecule has 1 unspecified atom stereocenters. The van der Waals surface area contributed by atoms with E-state index in [2.05, 4.69) is 5.10 Å². The lowest BCUT2D eigenvalue weighted by atomic mass is 10.1. The van der Waals surface area contributed by atoms with E-state index in [-0.39, 0.29) is 28.3 Å². The molecule has 1 amide bonds. The summed E-state index contributed by atoms with van der Waals surface area (Å²) in [6.45, 7) is 4.07. The van der Waals surface area contributed by atoms with Crippen LogP contribution in [0.2, 0.25) is 5.02 Å². The summed E-state index contributed by atoms with van der Waals surface area (Å²) < 4.78 is 23.6. The van der Waals surface area contributed by atoms with Gasteiger partial charge in [0, 0.05) is 28.4 Å². The Morgan fingerprint density at radius 3 is 2.31 bits per heavy atom. The monoisotopic (exact) mass is 802 g/mol. The number of allylic oxidation sites excluding steroid dienone is 1. The highest BCUT2D eigenvalue weighted by Gasteiger charge is 2.62. The number of methoxy groups -OCH3 is 1. The highest BCUT2D eigenvalue weighted by atomic mass is 35.5. The molecule has 55 heavy (non-hydrogen) atoms. The van der Waals surface area contributed by atoms with Gasteiger partial charge in [-0.25, -0.2) is 9.48 Å². The van der Waals surface area contributed by atoms with Crippen molar-refractivity contribution >= 4 is 52.6 Å². The van der Waals surface area contributed by atoms with Gasteiger partial charge in [-0.1, -0.05) is 97.2 Å². The second-order valence-corrected chi connectivity index (χ2v) is 14.1. The van der Waals surface area contributed by atoms with Crippen LogP contribution < -0.4 is 14.5 Å². The van der Waals surface area contributed by atoms with Crippen molar-refractivity contribution in [3.63, 3.8) is 0 Å². The first-order valence-corrected chi connectivity index (χ1v) is 18.0. The van der Waals surface area contributed by atoms with E-state index in [0.29, 0.717) is 33.7 Å². The maximum Gasteiger partial charge on any atom is 0.438 e. The van der Waals surface area contributed by atoms with E-state index >= 15 is 0 Å². The minimum atomic E-state index is -1.03. The molecule has 0 saturated heterocycles. The number of para-hydroxylation sites is 2. The third-order valence-electron chi connectivity index (χ3n) is 8.73. The minimum absolute atomic E-state index is 0.114. The molecular formula is C41H37Cl3N4O7. The maximum atomic E-state index is 12.6. The summed E-state index contributed by atoms with van der Waals surface area (Å²) in [4.78, 5) is 29.6. The van der Waals surface area contributed by atoms with Crippen molar-refractivity contribution < 1.29 is 33.4 Å². The number of rotatable bonds is 12. The van der Waals surface area contributed by atoms with Crippen LogP contribution in [0.15, 0.2) is 126 Å². The van der Waals surface area contributed by atoms with Crippen LogP contribution >= 0.6 is 34.8 Å². The number of anilines is 1. The van der Waals surface area contributed by atoms with E-state index in [1.54, 1.807) is 71.6 Å². The topological polar surface area (TPSA) is 125 Å². The molecule has 1 heterocycles. The number of carbonyl (C=O) groups is 2. The molecule has 1 fully saturated rings. The molecule has 284 valence electrons. The number of ether oxygens (including phenoxy) is 4. The van der Waals surface area contributed by atoms with Gasteiger partial charge in [0.05, 0.1) is 31.5 Å². The number of carbonyl (C=O) groups excluding carboxylic acids is 2. The Morgan fingerprint density at radius 1 is 0.945 bits per heavy atom. The van der Waals surface area contributed by atoms with Crippen LogP contribution in [0.3, 0.4) is 0 Å². The number of hydroxylamine groups is 1. The highest BCUT2D eigenvalue weighted by molar-refractivity contribution is 6.55. The van der Waals surface area contributed by atoms with Crippen molar-refractivity contribution in [2.24, 2.45) is 17.3 Å². The first-order valence-electron chi connectivity index (χ1n) is 16.9. The van der Waals surface area contributed by atoms with Crippen molar-refractivity contribution in [2.45, 2.75) is 26.6 Å². The number of benzene rings is 4. The fourth-order valence-corrected chi connectivity index (χ4v) is 6.15. The molecule has 4 aromatic carbocycles. The van der Waals surface area contributed by atoms with Crippen LogP contribution in [0.1, 0.15) is 31.1 Å². The van der Waals surface area contributed by atoms with Gasteiger partial charge in [-0.05, 0) is 72.0 Å². The zero-order valence-corrected chi connectivity index (χ0v) is 32.5. The SMILES string of the molecule is CC1(C)[C@H](C(=O)OC(C#N)c2cccc(Oc3ccccc3)c2)[C@@H]1C=C(Cl)Cl.COC(=O)N(OC)c1ccccc1COc1ccn(-c2ccc(Cl)cc2)n1. The van der Waals surface area contributed by atoms with Gasteiger partial charge < -0.3 is 18.9 Å². The summed E-state index contributed by atoms with van der Waals surface area (Å²) in [5.41, 5.74) is 2.37. The first-order chi connectivity index (χ1) is 26.4. The van der Waals surface area contributed by atoms with Crippen molar-refractivity contribution in [2.75, 3.05) is 19.3 Å². The summed E-state index contributed by atoms with van der Waals surface area (Å²) in [5.74, 6) is 0.735. The summed E-state index contributed by atoms with van der Waals surface area (Å²) in [6, 6.07) is 34.6. The number of esters is 1. The number of amides is 1. The average Bonchev–Trinajstić information content (AvgIpc) is 3.45. The zero-order chi connectivity index (χ0) is 39.5. The molecule has 3 atom stereocenters. The number of hydrogen-bond acceptors (Lipinski definition) is 9. The van der Waals surface area contributed by atoms with Crippen molar-refractivity contribution in [3.8, 4) is 29.1 Å². The summed E-state index contributed by atoms with van der Waals surface area (Å²) in [7, 11) is 2.68. The van der Waals surface area contributed by atoms with E-state index in [9.17, 15) is 14.9 Å². The van der Waals surface area contributed by atoms with Crippen LogP contribution in [0.5, 0.6) is 17.4 Å². The van der Waals surface area contributed by atoms with Gasteiger partial charge in [0.25, 0.3) is 0 Å². The second-order valence-electron chi connectivity index (χ2n) is 12.7. The normalized spacial score (nSPS) is 15.5. The van der Waals surface area contributed by atoms with E-state index in [1.165, 1.54) is 14.2 Å². The molecule has 0 radical (unpaired) electrons. The lowest BCUT2D eigenvalue weighted by molar-refractivity contribution is -0.149. The lowest BCUT2D eigenvalue weighted by Crippen LogP contribution is -2.30. The summed E-state index contributed by atoms with van der Waals surface area (Å²) in [6.07, 6.45) is 1.78. The Morgan fingerprint density at radius 2 is 1.64 bits per heavy atom. The largest absolute Gasteiger partial charge is 0.472 e. The third-order valence-corrected chi connectivity index (χ3v) is 9.23.